The number of nitriles is 1. The molecule has 0 atom stereocenters. The van der Waals surface area contributed by atoms with Crippen molar-refractivity contribution in [2.45, 2.75) is 20.8 Å². The van der Waals surface area contributed by atoms with E-state index in [4.69, 9.17) is 9.47 Å². The Morgan fingerprint density at radius 3 is 2.65 bits per heavy atom. The van der Waals surface area contributed by atoms with Crippen LogP contribution in [0, 0.1) is 25.2 Å². The number of imidazole rings is 1. The molecule has 5 heteroatoms. The Kier molecular flexibility index (Phi) is 4.94. The molecule has 1 aromatic heterocycles. The Hall–Kier alpha value is -3.26. The van der Waals surface area contributed by atoms with E-state index in [1.165, 1.54) is 11.1 Å². The third kappa shape index (κ3) is 3.40. The molecule has 0 spiro atoms. The van der Waals surface area contributed by atoms with Crippen LogP contribution in [-0.4, -0.2) is 23.7 Å². The van der Waals surface area contributed by atoms with Gasteiger partial charge in [-0.2, -0.15) is 5.26 Å². The van der Waals surface area contributed by atoms with Gasteiger partial charge in [-0.05, 0) is 67.8 Å². The van der Waals surface area contributed by atoms with Gasteiger partial charge in [-0.3, -0.25) is 0 Å². The summed E-state index contributed by atoms with van der Waals surface area (Å²) in [5.74, 6) is 1.87. The van der Waals surface area contributed by atoms with Crippen molar-refractivity contribution in [1.82, 2.24) is 9.97 Å². The smallest absolute Gasteiger partial charge is 0.161 e. The molecular formula is C21H21N3O2. The van der Waals surface area contributed by atoms with Crippen LogP contribution in [-0.2, 0) is 0 Å². The average Bonchev–Trinajstić information content (AvgIpc) is 3.03. The maximum atomic E-state index is 9.61. The standard InChI is InChI=1S/C21H21N3O2/c1-5-26-19-7-6-15(11-20(19)25-4)10-16(12-22)21-23-17-8-13(2)14(3)9-18(17)24-21/h6-11H,5H2,1-4H3,(H,23,24)/b16-10-. The number of H-pyrrole nitrogens is 1. The summed E-state index contributed by atoms with van der Waals surface area (Å²) in [5.41, 5.74) is 5.44. The van der Waals surface area contributed by atoms with Gasteiger partial charge < -0.3 is 14.5 Å². The second-order valence-electron chi connectivity index (χ2n) is 6.05. The topological polar surface area (TPSA) is 70.9 Å². The maximum Gasteiger partial charge on any atom is 0.161 e. The molecule has 0 saturated carbocycles. The third-order valence-corrected chi connectivity index (χ3v) is 4.27. The van der Waals surface area contributed by atoms with Gasteiger partial charge in [0.15, 0.2) is 11.5 Å². The minimum atomic E-state index is 0.461. The molecule has 0 amide bonds. The number of hydrogen-bond donors (Lipinski definition) is 1. The van der Waals surface area contributed by atoms with Gasteiger partial charge in [0.2, 0.25) is 0 Å². The minimum absolute atomic E-state index is 0.461. The first-order chi connectivity index (χ1) is 12.5. The fourth-order valence-corrected chi connectivity index (χ4v) is 2.77. The first-order valence-corrected chi connectivity index (χ1v) is 8.45. The van der Waals surface area contributed by atoms with Crippen LogP contribution in [0.2, 0.25) is 0 Å². The summed E-state index contributed by atoms with van der Waals surface area (Å²) in [7, 11) is 1.60. The van der Waals surface area contributed by atoms with Crippen LogP contribution in [0.3, 0.4) is 0 Å². The Morgan fingerprint density at radius 1 is 1.19 bits per heavy atom. The van der Waals surface area contributed by atoms with E-state index in [0.29, 0.717) is 29.5 Å². The molecule has 0 aliphatic rings. The second kappa shape index (κ2) is 7.32. The zero-order chi connectivity index (χ0) is 18.7. The van der Waals surface area contributed by atoms with Gasteiger partial charge >= 0.3 is 0 Å². The van der Waals surface area contributed by atoms with E-state index >= 15 is 0 Å². The molecule has 0 unspecified atom stereocenters. The van der Waals surface area contributed by atoms with Crippen molar-refractivity contribution in [3.05, 3.63) is 52.8 Å². The molecule has 26 heavy (non-hydrogen) atoms. The molecule has 0 aliphatic heterocycles. The lowest BCUT2D eigenvalue weighted by atomic mass is 10.1. The highest BCUT2D eigenvalue weighted by Gasteiger charge is 2.10. The summed E-state index contributed by atoms with van der Waals surface area (Å²) >= 11 is 0. The van der Waals surface area contributed by atoms with Crippen LogP contribution < -0.4 is 9.47 Å². The van der Waals surface area contributed by atoms with Crippen LogP contribution in [0.4, 0.5) is 0 Å². The van der Waals surface area contributed by atoms with Crippen molar-refractivity contribution >= 4 is 22.7 Å². The fourth-order valence-electron chi connectivity index (χ4n) is 2.77. The van der Waals surface area contributed by atoms with E-state index < -0.39 is 0 Å². The zero-order valence-electron chi connectivity index (χ0n) is 15.4. The predicted octanol–water partition coefficient (Wildman–Crippen LogP) is 4.65. The van der Waals surface area contributed by atoms with Gasteiger partial charge in [-0.1, -0.05) is 6.07 Å². The first kappa shape index (κ1) is 17.6. The largest absolute Gasteiger partial charge is 0.493 e. The number of fused-ring (bicyclic) bond motifs is 1. The van der Waals surface area contributed by atoms with E-state index in [1.54, 1.807) is 13.2 Å². The summed E-state index contributed by atoms with van der Waals surface area (Å²) in [6.45, 7) is 6.60. The van der Waals surface area contributed by atoms with E-state index in [2.05, 4.69) is 36.0 Å². The number of rotatable bonds is 5. The highest BCUT2D eigenvalue weighted by atomic mass is 16.5. The number of nitrogens with one attached hydrogen (secondary N) is 1. The van der Waals surface area contributed by atoms with Gasteiger partial charge in [0, 0.05) is 0 Å². The number of benzene rings is 2. The number of methoxy groups -OCH3 is 1. The molecule has 0 bridgehead atoms. The molecule has 5 nitrogen and oxygen atoms in total. The number of ether oxygens (including phenoxy) is 2. The first-order valence-electron chi connectivity index (χ1n) is 8.45. The van der Waals surface area contributed by atoms with Gasteiger partial charge in [0.1, 0.15) is 11.9 Å². The maximum absolute atomic E-state index is 9.61. The van der Waals surface area contributed by atoms with Crippen LogP contribution in [0.5, 0.6) is 11.5 Å². The molecule has 1 heterocycles. The van der Waals surface area contributed by atoms with Crippen molar-refractivity contribution in [2.24, 2.45) is 0 Å². The Bertz CT molecular complexity index is 987. The van der Waals surface area contributed by atoms with E-state index in [-0.39, 0.29) is 0 Å². The van der Waals surface area contributed by atoms with Crippen LogP contribution in [0.15, 0.2) is 30.3 Å². The van der Waals surface area contributed by atoms with Gasteiger partial charge in [-0.15, -0.1) is 0 Å². The number of nitrogens with zero attached hydrogens (tertiary/aromatic N) is 2. The lowest BCUT2D eigenvalue weighted by molar-refractivity contribution is 0.311. The van der Waals surface area contributed by atoms with Gasteiger partial charge in [0.05, 0.1) is 30.3 Å². The number of aromatic amines is 1. The van der Waals surface area contributed by atoms with Crippen molar-refractivity contribution < 1.29 is 9.47 Å². The number of aromatic nitrogens is 2. The Balaban J connectivity index is 2.02. The molecule has 132 valence electrons. The van der Waals surface area contributed by atoms with Gasteiger partial charge in [0.25, 0.3) is 0 Å². The summed E-state index contributed by atoms with van der Waals surface area (Å²) in [6, 6.07) is 11.9. The molecule has 3 aromatic rings. The molecule has 1 N–H and O–H groups in total. The van der Waals surface area contributed by atoms with E-state index in [1.807, 2.05) is 31.2 Å². The van der Waals surface area contributed by atoms with Gasteiger partial charge in [-0.25, -0.2) is 4.98 Å². The van der Waals surface area contributed by atoms with Crippen LogP contribution in [0.1, 0.15) is 29.4 Å². The van der Waals surface area contributed by atoms with Crippen LogP contribution in [0.25, 0.3) is 22.7 Å². The molecule has 3 rings (SSSR count). The molecule has 0 fully saturated rings. The number of allylic oxidation sites excluding steroid dienone is 1. The second-order valence-corrected chi connectivity index (χ2v) is 6.05. The lowest BCUT2D eigenvalue weighted by Crippen LogP contribution is -1.95. The molecular weight excluding hydrogens is 326 g/mol. The van der Waals surface area contributed by atoms with Crippen molar-refractivity contribution in [2.75, 3.05) is 13.7 Å². The fraction of sp³-hybridized carbons (Fsp3) is 0.238. The van der Waals surface area contributed by atoms with E-state index in [0.717, 1.165) is 16.6 Å². The van der Waals surface area contributed by atoms with E-state index in [9.17, 15) is 5.26 Å². The summed E-state index contributed by atoms with van der Waals surface area (Å²) < 4.78 is 10.9. The monoisotopic (exact) mass is 347 g/mol. The quantitative estimate of drug-likeness (QED) is 0.682. The summed E-state index contributed by atoms with van der Waals surface area (Å²) in [6.07, 6.45) is 1.79. The van der Waals surface area contributed by atoms with Crippen molar-refractivity contribution in [3.8, 4) is 17.6 Å². The third-order valence-electron chi connectivity index (χ3n) is 4.27. The number of hydrogen-bond acceptors (Lipinski definition) is 4. The molecule has 0 radical (unpaired) electrons. The summed E-state index contributed by atoms with van der Waals surface area (Å²) in [5, 5.41) is 9.61. The zero-order valence-corrected chi connectivity index (χ0v) is 15.4. The average molecular weight is 347 g/mol. The highest BCUT2D eigenvalue weighted by Crippen LogP contribution is 2.30. The summed E-state index contributed by atoms with van der Waals surface area (Å²) in [4.78, 5) is 7.81. The Labute approximate surface area is 152 Å². The molecule has 0 aliphatic carbocycles. The van der Waals surface area contributed by atoms with Crippen LogP contribution >= 0.6 is 0 Å². The minimum Gasteiger partial charge on any atom is -0.493 e. The highest BCUT2D eigenvalue weighted by molar-refractivity contribution is 5.90. The van der Waals surface area contributed by atoms with Crippen molar-refractivity contribution in [3.63, 3.8) is 0 Å². The lowest BCUT2D eigenvalue weighted by Gasteiger charge is -2.09. The SMILES string of the molecule is CCOc1ccc(/C=C(/C#N)c2nc3cc(C)c(C)cc3[nH]2)cc1OC. The molecule has 0 saturated heterocycles. The molecule has 2 aromatic carbocycles. The Morgan fingerprint density at radius 2 is 1.96 bits per heavy atom. The predicted molar refractivity (Wildman–Crippen MR) is 103 cm³/mol. The van der Waals surface area contributed by atoms with Crippen molar-refractivity contribution in [1.29, 1.82) is 5.26 Å². The normalized spacial score (nSPS) is 11.4. The number of aryl methyl sites for hydroxylation is 2.